The van der Waals surface area contributed by atoms with Crippen LogP contribution in [0.15, 0.2) is 38.6 Å². The molecular weight excluding hydrogens is 393 g/mol. The lowest BCUT2D eigenvalue weighted by atomic mass is 10.3. The van der Waals surface area contributed by atoms with Gasteiger partial charge in [0.2, 0.25) is 5.91 Å². The summed E-state index contributed by atoms with van der Waals surface area (Å²) in [6.45, 7) is 1.74. The Bertz CT molecular complexity index is 665. The van der Waals surface area contributed by atoms with Gasteiger partial charge < -0.3 is 5.32 Å². The van der Waals surface area contributed by atoms with E-state index in [4.69, 9.17) is 0 Å². The highest BCUT2D eigenvalue weighted by atomic mass is 127. The number of benzene rings is 1. The van der Waals surface area contributed by atoms with Crippen molar-refractivity contribution in [3.8, 4) is 0 Å². The first-order chi connectivity index (χ1) is 9.47. The number of aromatic nitrogens is 2. The zero-order valence-corrected chi connectivity index (χ0v) is 13.8. The normalized spacial score (nSPS) is 12.2. The third-order valence-corrected chi connectivity index (χ3v) is 4.47. The fourth-order valence-electron chi connectivity index (χ4n) is 1.46. The largest absolute Gasteiger partial charge is 0.441 e. The molecule has 20 heavy (non-hydrogen) atoms. The molecule has 0 saturated heterocycles. The van der Waals surface area contributed by atoms with Crippen LogP contribution in [-0.2, 0) is 11.8 Å². The number of H-pyrrole nitrogens is 1. The van der Waals surface area contributed by atoms with Crippen molar-refractivity contribution in [2.75, 3.05) is 5.32 Å². The smallest absolute Gasteiger partial charge is 0.325 e. The minimum absolute atomic E-state index is 0.170. The number of hydrogen-bond acceptors (Lipinski definition) is 4. The van der Waals surface area contributed by atoms with Gasteiger partial charge in [0, 0.05) is 9.26 Å². The Morgan fingerprint density at radius 2 is 2.10 bits per heavy atom. The Morgan fingerprint density at radius 1 is 1.45 bits per heavy atom. The minimum atomic E-state index is -0.480. The summed E-state index contributed by atoms with van der Waals surface area (Å²) in [5.41, 5.74) is 0.250. The average Bonchev–Trinajstić information content (AvgIpc) is 2.73. The van der Waals surface area contributed by atoms with E-state index in [1.165, 1.54) is 4.68 Å². The molecule has 1 heterocycles. The molecule has 0 aliphatic rings. The molecule has 0 radical (unpaired) electrons. The molecule has 2 aromatic rings. The van der Waals surface area contributed by atoms with Crippen LogP contribution in [0.25, 0.3) is 0 Å². The fourth-order valence-corrected chi connectivity index (χ4v) is 2.65. The molecule has 1 atom stereocenters. The Balaban J connectivity index is 2.02. The van der Waals surface area contributed by atoms with Crippen LogP contribution in [0.3, 0.4) is 0 Å². The third-order valence-electron chi connectivity index (χ3n) is 2.52. The van der Waals surface area contributed by atoms with Gasteiger partial charge in [-0.25, -0.2) is 4.79 Å². The van der Waals surface area contributed by atoms with Crippen LogP contribution in [0.5, 0.6) is 0 Å². The highest BCUT2D eigenvalue weighted by Gasteiger charge is 2.25. The topological polar surface area (TPSA) is 79.0 Å². The van der Waals surface area contributed by atoms with Gasteiger partial charge in [0.25, 0.3) is 0 Å². The summed E-state index contributed by atoms with van der Waals surface area (Å²) in [6, 6.07) is 7.49. The molecule has 2 N–H and O–H groups in total. The van der Waals surface area contributed by atoms with Crippen molar-refractivity contribution in [3.05, 3.63) is 38.3 Å². The van der Waals surface area contributed by atoms with Gasteiger partial charge in [-0.1, -0.05) is 4.68 Å². The highest BCUT2D eigenvalue weighted by Crippen LogP contribution is 2.19. The van der Waals surface area contributed by atoms with Crippen LogP contribution in [0.4, 0.5) is 5.69 Å². The molecule has 0 fully saturated rings. The van der Waals surface area contributed by atoms with Crippen molar-refractivity contribution in [1.29, 1.82) is 0 Å². The maximum atomic E-state index is 12.1. The lowest BCUT2D eigenvalue weighted by Gasteiger charge is -2.09. The van der Waals surface area contributed by atoms with E-state index >= 15 is 0 Å². The molecular formula is C12H13IN3O3S+. The van der Waals surface area contributed by atoms with Gasteiger partial charge >= 0.3 is 10.7 Å². The summed E-state index contributed by atoms with van der Waals surface area (Å²) in [6.07, 6.45) is 0. The Morgan fingerprint density at radius 3 is 2.65 bits per heavy atom. The number of thioether (sulfide) groups is 1. The first-order valence-electron chi connectivity index (χ1n) is 5.78. The zero-order valence-electron chi connectivity index (χ0n) is 10.8. The van der Waals surface area contributed by atoms with Gasteiger partial charge in [0.15, 0.2) is 7.05 Å². The monoisotopic (exact) mass is 406 g/mol. The molecule has 1 aromatic carbocycles. The number of anilines is 1. The maximum absolute atomic E-state index is 12.1. The van der Waals surface area contributed by atoms with E-state index in [1.807, 2.05) is 24.3 Å². The highest BCUT2D eigenvalue weighted by molar-refractivity contribution is 14.1. The molecule has 106 valence electrons. The van der Waals surface area contributed by atoms with Crippen molar-refractivity contribution >= 4 is 45.9 Å². The van der Waals surface area contributed by atoms with Gasteiger partial charge in [-0.15, -0.1) is 0 Å². The summed E-state index contributed by atoms with van der Waals surface area (Å²) in [7, 11) is 1.65. The van der Waals surface area contributed by atoms with Crippen LogP contribution in [0.2, 0.25) is 0 Å². The number of nitrogens with one attached hydrogen (secondary N) is 2. The maximum Gasteiger partial charge on any atom is 0.441 e. The van der Waals surface area contributed by atoms with Gasteiger partial charge in [0.1, 0.15) is 0 Å². The third kappa shape index (κ3) is 3.63. The fraction of sp³-hybridized carbons (Fsp3) is 0.250. The molecule has 0 bridgehead atoms. The van der Waals surface area contributed by atoms with E-state index < -0.39 is 10.9 Å². The number of aryl methyl sites for hydroxylation is 1. The Hall–Kier alpha value is -1.29. The molecule has 0 aliphatic heterocycles. The predicted octanol–water partition coefficient (Wildman–Crippen LogP) is 1.52. The number of halogens is 1. The van der Waals surface area contributed by atoms with E-state index in [0.717, 1.165) is 21.0 Å². The second-order valence-electron chi connectivity index (χ2n) is 4.10. The Labute approximate surface area is 133 Å². The van der Waals surface area contributed by atoms with Crippen molar-refractivity contribution in [3.63, 3.8) is 0 Å². The second kappa shape index (κ2) is 6.44. The van der Waals surface area contributed by atoms with Crippen molar-refractivity contribution in [1.82, 2.24) is 5.27 Å². The number of amides is 1. The van der Waals surface area contributed by atoms with Gasteiger partial charge in [-0.05, 0) is 70.8 Å². The molecule has 1 aromatic heterocycles. The van der Waals surface area contributed by atoms with Crippen molar-refractivity contribution in [2.24, 2.45) is 7.05 Å². The minimum Gasteiger partial charge on any atom is -0.325 e. The van der Waals surface area contributed by atoms with Crippen LogP contribution in [0.1, 0.15) is 6.92 Å². The van der Waals surface area contributed by atoms with Crippen LogP contribution in [-0.4, -0.2) is 16.4 Å². The van der Waals surface area contributed by atoms with Crippen molar-refractivity contribution < 1.29 is 14.0 Å². The van der Waals surface area contributed by atoms with Crippen LogP contribution >= 0.6 is 34.4 Å². The lowest BCUT2D eigenvalue weighted by Crippen LogP contribution is -2.35. The first-order valence-corrected chi connectivity index (χ1v) is 7.74. The van der Waals surface area contributed by atoms with E-state index in [-0.39, 0.29) is 5.91 Å². The SMILES string of the molecule is CC(Sc1c(=O)o[nH][n+]1C)C(=O)Nc1ccc(I)cc1. The number of carbonyl (C=O) groups is 1. The summed E-state index contributed by atoms with van der Waals surface area (Å²) in [5.74, 6) is -0.170. The molecule has 0 aliphatic carbocycles. The van der Waals surface area contributed by atoms with E-state index in [0.29, 0.717) is 5.03 Å². The van der Waals surface area contributed by atoms with Crippen LogP contribution < -0.4 is 15.6 Å². The quantitative estimate of drug-likeness (QED) is 0.459. The number of carbonyl (C=O) groups excluding carboxylic acids is 1. The van der Waals surface area contributed by atoms with Gasteiger partial charge in [-0.3, -0.25) is 9.32 Å². The van der Waals surface area contributed by atoms with Crippen LogP contribution in [0, 0.1) is 3.57 Å². The molecule has 0 saturated carbocycles. The molecule has 1 unspecified atom stereocenters. The predicted molar refractivity (Wildman–Crippen MR) is 83.6 cm³/mol. The molecule has 1 amide bonds. The molecule has 8 heteroatoms. The lowest BCUT2D eigenvalue weighted by molar-refractivity contribution is -0.772. The van der Waals surface area contributed by atoms with E-state index in [9.17, 15) is 9.59 Å². The van der Waals surface area contributed by atoms with Crippen molar-refractivity contribution in [2.45, 2.75) is 17.2 Å². The molecule has 2 rings (SSSR count). The summed E-state index contributed by atoms with van der Waals surface area (Å²) < 4.78 is 7.18. The second-order valence-corrected chi connectivity index (χ2v) is 6.68. The summed E-state index contributed by atoms with van der Waals surface area (Å²) in [4.78, 5) is 23.5. The Kier molecular flexibility index (Phi) is 4.86. The number of hydrogen-bond donors (Lipinski definition) is 2. The first kappa shape index (κ1) is 15.1. The number of aromatic amines is 1. The van der Waals surface area contributed by atoms with E-state index in [2.05, 4.69) is 37.7 Å². The number of rotatable bonds is 4. The van der Waals surface area contributed by atoms with Gasteiger partial charge in [0.05, 0.1) is 5.25 Å². The average molecular weight is 406 g/mol. The molecule has 6 nitrogen and oxygen atoms in total. The van der Waals surface area contributed by atoms with E-state index in [1.54, 1.807) is 14.0 Å². The number of nitrogens with zero attached hydrogens (tertiary/aromatic N) is 1. The standard InChI is InChI=1S/C12H12IN3O3S/c1-7(20-11-12(18)19-15-16(11)2)10(17)14-9-5-3-8(13)4-6-9/h3-7H,1-2H3,(H-,14,15,17,18)/p+1. The van der Waals surface area contributed by atoms with Gasteiger partial charge in [-0.2, -0.15) is 0 Å². The molecule has 0 spiro atoms. The summed E-state index contributed by atoms with van der Waals surface area (Å²) in [5, 5.41) is 5.16. The zero-order chi connectivity index (χ0) is 14.7. The summed E-state index contributed by atoms with van der Waals surface area (Å²) >= 11 is 3.34.